The Balaban J connectivity index is 2.00. The minimum absolute atomic E-state index is 0.145. The Morgan fingerprint density at radius 1 is 1.04 bits per heavy atom. The second-order valence-corrected chi connectivity index (χ2v) is 5.81. The molecule has 0 saturated heterocycles. The molecular formula is C19H19N5O2. The summed E-state index contributed by atoms with van der Waals surface area (Å²) in [5.74, 6) is 0.299. The first-order valence-corrected chi connectivity index (χ1v) is 8.26. The molecule has 3 aromatic rings. The standard InChI is InChI=1S/C19H19N5O2/c1-3-14-8-4-5-10-16(14)23-19-17(24(25)26)18(20-12-21-19)22-15-9-6-7-13(2)11-15/h4-12H,3H2,1-2H3,(H2,20,21,22,23). The Labute approximate surface area is 151 Å². The molecule has 0 atom stereocenters. The highest BCUT2D eigenvalue weighted by Crippen LogP contribution is 2.33. The Bertz CT molecular complexity index is 943. The Kier molecular flexibility index (Phi) is 5.07. The number of rotatable bonds is 6. The fourth-order valence-electron chi connectivity index (χ4n) is 2.67. The molecule has 132 valence electrons. The van der Waals surface area contributed by atoms with E-state index in [1.165, 1.54) is 6.33 Å². The van der Waals surface area contributed by atoms with Crippen molar-refractivity contribution in [2.75, 3.05) is 10.6 Å². The summed E-state index contributed by atoms with van der Waals surface area (Å²) >= 11 is 0. The van der Waals surface area contributed by atoms with Crippen molar-refractivity contribution in [1.29, 1.82) is 0 Å². The van der Waals surface area contributed by atoms with Crippen molar-refractivity contribution in [1.82, 2.24) is 9.97 Å². The monoisotopic (exact) mass is 349 g/mol. The summed E-state index contributed by atoms with van der Waals surface area (Å²) < 4.78 is 0. The molecule has 0 fully saturated rings. The van der Waals surface area contributed by atoms with Gasteiger partial charge in [0.2, 0.25) is 11.6 Å². The van der Waals surface area contributed by atoms with Gasteiger partial charge in [0.05, 0.1) is 4.92 Å². The van der Waals surface area contributed by atoms with Gasteiger partial charge in [0, 0.05) is 11.4 Å². The van der Waals surface area contributed by atoms with Gasteiger partial charge >= 0.3 is 5.69 Å². The molecule has 0 radical (unpaired) electrons. The van der Waals surface area contributed by atoms with Crippen LogP contribution in [0.1, 0.15) is 18.1 Å². The van der Waals surface area contributed by atoms with Gasteiger partial charge in [0.25, 0.3) is 0 Å². The van der Waals surface area contributed by atoms with Gasteiger partial charge in [0.15, 0.2) is 0 Å². The number of hydrogen-bond acceptors (Lipinski definition) is 6. The number of nitrogens with one attached hydrogen (secondary N) is 2. The fourth-order valence-corrected chi connectivity index (χ4v) is 2.67. The van der Waals surface area contributed by atoms with Gasteiger partial charge in [0.1, 0.15) is 6.33 Å². The highest BCUT2D eigenvalue weighted by atomic mass is 16.6. The van der Waals surface area contributed by atoms with Crippen molar-refractivity contribution in [3.05, 3.63) is 76.1 Å². The number of aryl methyl sites for hydroxylation is 2. The average molecular weight is 349 g/mol. The summed E-state index contributed by atoms with van der Waals surface area (Å²) in [4.78, 5) is 19.4. The fraction of sp³-hybridized carbons (Fsp3) is 0.158. The second-order valence-electron chi connectivity index (χ2n) is 5.81. The molecule has 2 aromatic carbocycles. The maximum atomic E-state index is 11.7. The summed E-state index contributed by atoms with van der Waals surface area (Å²) in [6.45, 7) is 3.98. The van der Waals surface area contributed by atoms with Crippen LogP contribution in [0.15, 0.2) is 54.9 Å². The van der Waals surface area contributed by atoms with Gasteiger partial charge in [-0.25, -0.2) is 9.97 Å². The lowest BCUT2D eigenvalue weighted by atomic mass is 10.1. The minimum atomic E-state index is -0.477. The van der Waals surface area contributed by atoms with E-state index in [0.717, 1.165) is 28.9 Å². The van der Waals surface area contributed by atoms with Crippen LogP contribution in [0.4, 0.5) is 28.7 Å². The topological polar surface area (TPSA) is 93.0 Å². The number of nitrogens with zero attached hydrogens (tertiary/aromatic N) is 3. The normalized spacial score (nSPS) is 10.4. The number of nitro groups is 1. The minimum Gasteiger partial charge on any atom is -0.334 e. The highest BCUT2D eigenvalue weighted by Gasteiger charge is 2.23. The smallest absolute Gasteiger partial charge is 0.334 e. The van der Waals surface area contributed by atoms with E-state index in [1.54, 1.807) is 0 Å². The molecule has 0 spiro atoms. The third-order valence-electron chi connectivity index (χ3n) is 3.94. The molecule has 0 saturated carbocycles. The van der Waals surface area contributed by atoms with Crippen LogP contribution in [-0.2, 0) is 6.42 Å². The lowest BCUT2D eigenvalue weighted by Crippen LogP contribution is -2.06. The Hall–Kier alpha value is -3.48. The molecule has 26 heavy (non-hydrogen) atoms. The zero-order valence-corrected chi connectivity index (χ0v) is 14.6. The summed E-state index contributed by atoms with van der Waals surface area (Å²) in [6, 6.07) is 15.2. The van der Waals surface area contributed by atoms with E-state index in [0.29, 0.717) is 0 Å². The SMILES string of the molecule is CCc1ccccc1Nc1ncnc(Nc2cccc(C)c2)c1[N+](=O)[O-]. The first-order valence-electron chi connectivity index (χ1n) is 8.26. The molecule has 0 aliphatic heterocycles. The molecule has 7 nitrogen and oxygen atoms in total. The van der Waals surface area contributed by atoms with E-state index in [4.69, 9.17) is 0 Å². The molecular weight excluding hydrogens is 330 g/mol. The predicted molar refractivity (Wildman–Crippen MR) is 102 cm³/mol. The summed E-state index contributed by atoms with van der Waals surface area (Å²) in [5.41, 5.74) is 3.42. The summed E-state index contributed by atoms with van der Waals surface area (Å²) in [5, 5.41) is 17.8. The highest BCUT2D eigenvalue weighted by molar-refractivity contribution is 5.77. The van der Waals surface area contributed by atoms with Crippen LogP contribution in [0, 0.1) is 17.0 Å². The van der Waals surface area contributed by atoms with E-state index in [2.05, 4.69) is 20.6 Å². The van der Waals surface area contributed by atoms with Gasteiger partial charge in [-0.05, 0) is 42.7 Å². The van der Waals surface area contributed by atoms with Crippen LogP contribution in [0.5, 0.6) is 0 Å². The van der Waals surface area contributed by atoms with Crippen LogP contribution in [-0.4, -0.2) is 14.9 Å². The number of hydrogen-bond donors (Lipinski definition) is 2. The van der Waals surface area contributed by atoms with E-state index in [9.17, 15) is 10.1 Å². The van der Waals surface area contributed by atoms with Crippen molar-refractivity contribution in [3.8, 4) is 0 Å². The van der Waals surface area contributed by atoms with E-state index in [1.807, 2.05) is 62.4 Å². The van der Waals surface area contributed by atoms with Crippen molar-refractivity contribution in [3.63, 3.8) is 0 Å². The zero-order chi connectivity index (χ0) is 18.5. The van der Waals surface area contributed by atoms with E-state index < -0.39 is 4.92 Å². The van der Waals surface area contributed by atoms with Gasteiger partial charge in [-0.1, -0.05) is 37.3 Å². The molecule has 0 unspecified atom stereocenters. The predicted octanol–water partition coefficient (Wildman–Crippen LogP) is 4.74. The molecule has 2 N–H and O–H groups in total. The molecule has 1 heterocycles. The van der Waals surface area contributed by atoms with Crippen molar-refractivity contribution in [2.24, 2.45) is 0 Å². The number of para-hydroxylation sites is 1. The van der Waals surface area contributed by atoms with Gasteiger partial charge in [-0.15, -0.1) is 0 Å². The third kappa shape index (κ3) is 3.77. The van der Waals surface area contributed by atoms with Crippen molar-refractivity contribution < 1.29 is 4.92 Å². The number of aromatic nitrogens is 2. The maximum absolute atomic E-state index is 11.7. The first kappa shape index (κ1) is 17.3. The molecule has 0 aliphatic carbocycles. The summed E-state index contributed by atoms with van der Waals surface area (Å²) in [6.07, 6.45) is 2.11. The Morgan fingerprint density at radius 3 is 2.46 bits per heavy atom. The number of anilines is 4. The number of benzene rings is 2. The molecule has 1 aromatic heterocycles. The second kappa shape index (κ2) is 7.60. The van der Waals surface area contributed by atoms with Crippen LogP contribution in [0.2, 0.25) is 0 Å². The van der Waals surface area contributed by atoms with Crippen LogP contribution >= 0.6 is 0 Å². The molecule has 3 rings (SSSR count). The lowest BCUT2D eigenvalue weighted by molar-refractivity contribution is -0.383. The molecule has 7 heteroatoms. The largest absolute Gasteiger partial charge is 0.353 e. The van der Waals surface area contributed by atoms with Crippen LogP contribution < -0.4 is 10.6 Å². The molecule has 0 amide bonds. The quantitative estimate of drug-likeness (QED) is 0.493. The molecule has 0 aliphatic rings. The van der Waals surface area contributed by atoms with Gasteiger partial charge in [-0.3, -0.25) is 10.1 Å². The first-order chi connectivity index (χ1) is 12.6. The van der Waals surface area contributed by atoms with E-state index in [-0.39, 0.29) is 17.3 Å². The average Bonchev–Trinajstić information content (AvgIpc) is 2.62. The zero-order valence-electron chi connectivity index (χ0n) is 14.6. The van der Waals surface area contributed by atoms with Crippen molar-refractivity contribution >= 4 is 28.7 Å². The summed E-state index contributed by atoms with van der Waals surface area (Å²) in [7, 11) is 0. The van der Waals surface area contributed by atoms with Crippen LogP contribution in [0.25, 0.3) is 0 Å². The van der Waals surface area contributed by atoms with Crippen molar-refractivity contribution in [2.45, 2.75) is 20.3 Å². The van der Waals surface area contributed by atoms with Gasteiger partial charge < -0.3 is 10.6 Å². The van der Waals surface area contributed by atoms with Gasteiger partial charge in [-0.2, -0.15) is 0 Å². The van der Waals surface area contributed by atoms with Crippen LogP contribution in [0.3, 0.4) is 0 Å². The Morgan fingerprint density at radius 2 is 1.77 bits per heavy atom. The molecule has 0 bridgehead atoms. The lowest BCUT2D eigenvalue weighted by Gasteiger charge is -2.12. The maximum Gasteiger partial charge on any atom is 0.353 e. The third-order valence-corrected chi connectivity index (χ3v) is 3.94. The van der Waals surface area contributed by atoms with E-state index >= 15 is 0 Å².